The highest BCUT2D eigenvalue weighted by molar-refractivity contribution is 5.87. The van der Waals surface area contributed by atoms with Crippen LogP contribution in [0.5, 0.6) is 0 Å². The first-order valence-corrected chi connectivity index (χ1v) is 6.08. The molecule has 1 saturated heterocycles. The molecule has 0 aromatic heterocycles. The van der Waals surface area contributed by atoms with Gasteiger partial charge in [0.1, 0.15) is 6.10 Å². The van der Waals surface area contributed by atoms with Crippen LogP contribution < -0.4 is 0 Å². The van der Waals surface area contributed by atoms with Gasteiger partial charge in [-0.25, -0.2) is 0 Å². The maximum Gasteiger partial charge on any atom is 0.164 e. The van der Waals surface area contributed by atoms with E-state index in [1.165, 1.54) is 0 Å². The highest BCUT2D eigenvalue weighted by Crippen LogP contribution is 2.32. The monoisotopic (exact) mass is 211 g/mol. The summed E-state index contributed by atoms with van der Waals surface area (Å²) in [6.07, 6.45) is 2.95. The van der Waals surface area contributed by atoms with Crippen LogP contribution in [0.25, 0.3) is 0 Å². The largest absolute Gasteiger partial charge is 0.369 e. The Morgan fingerprint density at radius 1 is 1.27 bits per heavy atom. The Morgan fingerprint density at radius 2 is 2.00 bits per heavy atom. The number of nitrogens with zero attached hydrogens (tertiary/aromatic N) is 1. The minimum absolute atomic E-state index is 0.110. The molecule has 86 valence electrons. The molecule has 1 aliphatic heterocycles. The quantitative estimate of drug-likeness (QED) is 0.708. The maximum absolute atomic E-state index is 11.8. The molecule has 2 aliphatic rings. The van der Waals surface area contributed by atoms with Crippen LogP contribution in [-0.4, -0.2) is 42.5 Å². The van der Waals surface area contributed by atoms with Crippen molar-refractivity contribution in [2.24, 2.45) is 5.92 Å². The molecule has 0 aromatic rings. The first-order valence-electron chi connectivity index (χ1n) is 6.08. The van der Waals surface area contributed by atoms with Crippen molar-refractivity contribution >= 4 is 5.78 Å². The molecule has 0 bridgehead atoms. The van der Waals surface area contributed by atoms with Crippen LogP contribution in [0.15, 0.2) is 0 Å². The van der Waals surface area contributed by atoms with Crippen molar-refractivity contribution in [2.75, 3.05) is 19.7 Å². The second-order valence-electron chi connectivity index (χ2n) is 4.95. The van der Waals surface area contributed by atoms with Gasteiger partial charge >= 0.3 is 0 Å². The van der Waals surface area contributed by atoms with Gasteiger partial charge in [0.05, 0.1) is 6.61 Å². The SMILES string of the molecule is CC(C)N1CCOC(C(=O)C2CC2)CC1. The van der Waals surface area contributed by atoms with E-state index < -0.39 is 0 Å². The Bertz CT molecular complexity index is 236. The number of hydrogen-bond acceptors (Lipinski definition) is 3. The van der Waals surface area contributed by atoms with Crippen molar-refractivity contribution in [1.82, 2.24) is 4.90 Å². The molecule has 2 fully saturated rings. The van der Waals surface area contributed by atoms with E-state index in [2.05, 4.69) is 18.7 Å². The van der Waals surface area contributed by atoms with Gasteiger partial charge in [0.15, 0.2) is 5.78 Å². The number of rotatable bonds is 3. The van der Waals surface area contributed by atoms with E-state index in [1.807, 2.05) is 0 Å². The van der Waals surface area contributed by atoms with Crippen LogP contribution in [0.3, 0.4) is 0 Å². The topological polar surface area (TPSA) is 29.5 Å². The number of carbonyl (C=O) groups excluding carboxylic acids is 1. The van der Waals surface area contributed by atoms with Gasteiger partial charge in [0, 0.05) is 25.0 Å². The van der Waals surface area contributed by atoms with Crippen LogP contribution in [0.2, 0.25) is 0 Å². The summed E-state index contributed by atoms with van der Waals surface area (Å²) in [6.45, 7) is 7.07. The van der Waals surface area contributed by atoms with Gasteiger partial charge in [-0.15, -0.1) is 0 Å². The Morgan fingerprint density at radius 3 is 2.60 bits per heavy atom. The van der Waals surface area contributed by atoms with Crippen molar-refractivity contribution in [2.45, 2.75) is 45.3 Å². The van der Waals surface area contributed by atoms with Crippen molar-refractivity contribution < 1.29 is 9.53 Å². The van der Waals surface area contributed by atoms with Crippen LogP contribution in [0.4, 0.5) is 0 Å². The number of hydrogen-bond donors (Lipinski definition) is 0. The summed E-state index contributed by atoms with van der Waals surface area (Å²) in [6, 6.07) is 0.559. The molecule has 2 rings (SSSR count). The molecule has 0 N–H and O–H groups in total. The van der Waals surface area contributed by atoms with Gasteiger partial charge in [-0.05, 0) is 33.1 Å². The Hall–Kier alpha value is -0.410. The van der Waals surface area contributed by atoms with Crippen molar-refractivity contribution in [3.05, 3.63) is 0 Å². The molecule has 0 aromatic carbocycles. The van der Waals surface area contributed by atoms with Gasteiger partial charge in [-0.1, -0.05) is 0 Å². The smallest absolute Gasteiger partial charge is 0.164 e. The van der Waals surface area contributed by atoms with Gasteiger partial charge in [-0.2, -0.15) is 0 Å². The molecule has 1 heterocycles. The van der Waals surface area contributed by atoms with Crippen molar-refractivity contribution in [1.29, 1.82) is 0 Å². The van der Waals surface area contributed by atoms with Gasteiger partial charge in [-0.3, -0.25) is 9.69 Å². The number of Topliss-reactive ketones (excluding diaryl/α,β-unsaturated/α-hetero) is 1. The van der Waals surface area contributed by atoms with Crippen LogP contribution in [-0.2, 0) is 9.53 Å². The molecule has 1 aliphatic carbocycles. The molecular weight excluding hydrogens is 190 g/mol. The lowest BCUT2D eigenvalue weighted by Gasteiger charge is -2.23. The fourth-order valence-corrected chi connectivity index (χ4v) is 2.16. The summed E-state index contributed by atoms with van der Waals surface area (Å²) in [5.74, 6) is 0.696. The third kappa shape index (κ3) is 2.79. The van der Waals surface area contributed by atoms with Crippen LogP contribution >= 0.6 is 0 Å². The maximum atomic E-state index is 11.8. The molecule has 0 amide bonds. The summed E-state index contributed by atoms with van der Waals surface area (Å²) in [5.41, 5.74) is 0. The van der Waals surface area contributed by atoms with E-state index in [0.29, 0.717) is 24.3 Å². The Balaban J connectivity index is 1.86. The zero-order valence-corrected chi connectivity index (χ0v) is 9.74. The molecule has 1 atom stereocenters. The Kier molecular flexibility index (Phi) is 3.42. The highest BCUT2D eigenvalue weighted by atomic mass is 16.5. The summed E-state index contributed by atoms with van der Waals surface area (Å²) in [5, 5.41) is 0. The fourth-order valence-electron chi connectivity index (χ4n) is 2.16. The average molecular weight is 211 g/mol. The highest BCUT2D eigenvalue weighted by Gasteiger charge is 2.36. The zero-order chi connectivity index (χ0) is 10.8. The second-order valence-corrected chi connectivity index (χ2v) is 4.95. The first-order chi connectivity index (χ1) is 7.18. The van der Waals surface area contributed by atoms with Crippen molar-refractivity contribution in [3.63, 3.8) is 0 Å². The van der Waals surface area contributed by atoms with E-state index in [-0.39, 0.29) is 6.10 Å². The summed E-state index contributed by atoms with van der Waals surface area (Å²) < 4.78 is 5.66. The van der Waals surface area contributed by atoms with Crippen LogP contribution in [0.1, 0.15) is 33.1 Å². The van der Waals surface area contributed by atoms with Crippen LogP contribution in [0, 0.1) is 5.92 Å². The number of carbonyl (C=O) groups is 1. The van der Waals surface area contributed by atoms with Gasteiger partial charge in [0.25, 0.3) is 0 Å². The second kappa shape index (κ2) is 4.62. The third-order valence-electron chi connectivity index (χ3n) is 3.40. The molecule has 3 heteroatoms. The molecule has 1 unspecified atom stereocenters. The molecule has 15 heavy (non-hydrogen) atoms. The van der Waals surface area contributed by atoms with Gasteiger partial charge < -0.3 is 4.74 Å². The Labute approximate surface area is 91.8 Å². The lowest BCUT2D eigenvalue weighted by atomic mass is 10.1. The average Bonchev–Trinajstić information content (AvgIpc) is 3.04. The van der Waals surface area contributed by atoms with Gasteiger partial charge in [0.2, 0.25) is 0 Å². The molecule has 0 spiro atoms. The van der Waals surface area contributed by atoms with Crippen molar-refractivity contribution in [3.8, 4) is 0 Å². The fraction of sp³-hybridized carbons (Fsp3) is 0.917. The first kappa shape index (κ1) is 11.1. The lowest BCUT2D eigenvalue weighted by molar-refractivity contribution is -0.131. The number of ether oxygens (including phenoxy) is 1. The van der Waals surface area contributed by atoms with E-state index >= 15 is 0 Å². The molecular formula is C12H21NO2. The standard InChI is InChI=1S/C12H21NO2/c1-9(2)13-6-5-11(15-8-7-13)12(14)10-3-4-10/h9-11H,3-8H2,1-2H3. The van der Waals surface area contributed by atoms with E-state index in [0.717, 1.165) is 32.4 Å². The molecule has 0 radical (unpaired) electrons. The van der Waals surface area contributed by atoms with E-state index in [9.17, 15) is 4.79 Å². The lowest BCUT2D eigenvalue weighted by Crippen LogP contribution is -2.33. The van der Waals surface area contributed by atoms with E-state index in [1.54, 1.807) is 0 Å². The third-order valence-corrected chi connectivity index (χ3v) is 3.40. The minimum Gasteiger partial charge on any atom is -0.369 e. The predicted octanol–water partition coefficient (Wildman–Crippen LogP) is 1.46. The normalized spacial score (nSPS) is 29.1. The number of ketones is 1. The van der Waals surface area contributed by atoms with E-state index in [4.69, 9.17) is 4.74 Å². The summed E-state index contributed by atoms with van der Waals surface area (Å²) >= 11 is 0. The zero-order valence-electron chi connectivity index (χ0n) is 9.74. The minimum atomic E-state index is -0.110. The summed E-state index contributed by atoms with van der Waals surface area (Å²) in [7, 11) is 0. The molecule has 3 nitrogen and oxygen atoms in total. The molecule has 1 saturated carbocycles. The predicted molar refractivity (Wildman–Crippen MR) is 58.8 cm³/mol. The summed E-state index contributed by atoms with van der Waals surface area (Å²) in [4.78, 5) is 14.2.